The van der Waals surface area contributed by atoms with Gasteiger partial charge in [0.2, 0.25) is 10.0 Å². The summed E-state index contributed by atoms with van der Waals surface area (Å²) in [7, 11) is -1.89. The lowest BCUT2D eigenvalue weighted by atomic mass is 10.1. The summed E-state index contributed by atoms with van der Waals surface area (Å²) in [5.74, 6) is 1.33. The third-order valence-corrected chi connectivity index (χ3v) is 7.52. The topological polar surface area (TPSA) is 87.2 Å². The second-order valence-corrected chi connectivity index (χ2v) is 9.00. The van der Waals surface area contributed by atoms with Gasteiger partial charge in [0.15, 0.2) is 0 Å². The average Bonchev–Trinajstić information content (AvgIpc) is 3.18. The van der Waals surface area contributed by atoms with Gasteiger partial charge in [-0.05, 0) is 25.0 Å². The molecule has 0 amide bonds. The minimum atomic E-state index is -3.72. The Labute approximate surface area is 164 Å². The molecule has 2 N–H and O–H groups in total. The first-order valence-electron chi connectivity index (χ1n) is 9.07. The lowest BCUT2D eigenvalue weighted by Crippen LogP contribution is -2.33. The monoisotopic (exact) mass is 407 g/mol. The number of aromatic nitrogens is 2. The molecule has 1 saturated heterocycles. The van der Waals surface area contributed by atoms with Gasteiger partial charge in [0.05, 0.1) is 16.8 Å². The molecule has 2 aliphatic heterocycles. The zero-order valence-electron chi connectivity index (χ0n) is 15.1. The first-order chi connectivity index (χ1) is 13.0. The van der Waals surface area contributed by atoms with Crippen LogP contribution in [0.5, 0.6) is 0 Å². The molecule has 144 valence electrons. The zero-order valence-corrected chi connectivity index (χ0v) is 16.6. The van der Waals surface area contributed by atoms with Crippen molar-refractivity contribution < 1.29 is 8.42 Å². The van der Waals surface area contributed by atoms with Gasteiger partial charge in [-0.3, -0.25) is 0 Å². The van der Waals surface area contributed by atoms with E-state index in [0.29, 0.717) is 18.8 Å². The maximum Gasteiger partial charge on any atom is 0.245 e. The summed E-state index contributed by atoms with van der Waals surface area (Å²) >= 11 is 6.17. The van der Waals surface area contributed by atoms with Gasteiger partial charge in [0.1, 0.15) is 16.5 Å². The molecule has 7 nitrogen and oxygen atoms in total. The van der Waals surface area contributed by atoms with Gasteiger partial charge in [-0.15, -0.1) is 0 Å². The van der Waals surface area contributed by atoms with Gasteiger partial charge >= 0.3 is 0 Å². The van der Waals surface area contributed by atoms with Crippen molar-refractivity contribution in [2.24, 2.45) is 0 Å². The molecule has 0 aliphatic carbocycles. The van der Waals surface area contributed by atoms with Crippen LogP contribution >= 0.6 is 11.6 Å². The maximum absolute atomic E-state index is 13.2. The number of nitrogens with one attached hydrogen (secondary N) is 2. The van der Waals surface area contributed by atoms with Crippen molar-refractivity contribution in [1.29, 1.82) is 0 Å². The van der Waals surface area contributed by atoms with Crippen LogP contribution in [-0.2, 0) is 23.0 Å². The molecule has 1 fully saturated rings. The molecule has 2 aliphatic rings. The summed E-state index contributed by atoms with van der Waals surface area (Å²) in [6, 6.07) is 6.18. The summed E-state index contributed by atoms with van der Waals surface area (Å²) in [6.07, 6.45) is 2.28. The van der Waals surface area contributed by atoms with Crippen LogP contribution in [0.15, 0.2) is 29.2 Å². The van der Waals surface area contributed by atoms with Gasteiger partial charge in [-0.25, -0.2) is 18.4 Å². The van der Waals surface area contributed by atoms with E-state index in [9.17, 15) is 8.42 Å². The predicted octanol–water partition coefficient (Wildman–Crippen LogP) is 2.34. The zero-order chi connectivity index (χ0) is 19.0. The second kappa shape index (κ2) is 7.35. The van der Waals surface area contributed by atoms with Crippen LogP contribution in [0.2, 0.25) is 5.02 Å². The lowest BCUT2D eigenvalue weighted by Gasteiger charge is -2.26. The fourth-order valence-corrected chi connectivity index (χ4v) is 5.93. The molecular weight excluding hydrogens is 386 g/mol. The highest BCUT2D eigenvalue weighted by atomic mass is 35.5. The van der Waals surface area contributed by atoms with Crippen molar-refractivity contribution in [3.63, 3.8) is 0 Å². The van der Waals surface area contributed by atoms with Crippen LogP contribution in [0.25, 0.3) is 0 Å². The molecular formula is C18H22ClN5O2S. The van der Waals surface area contributed by atoms with E-state index in [1.54, 1.807) is 24.3 Å². The van der Waals surface area contributed by atoms with Crippen LogP contribution in [0.3, 0.4) is 0 Å². The molecule has 0 bridgehead atoms. The number of anilines is 1. The molecule has 9 heteroatoms. The quantitative estimate of drug-likeness (QED) is 0.808. The normalized spacial score (nSPS) is 20.4. The Hall–Kier alpha value is -1.74. The van der Waals surface area contributed by atoms with Gasteiger partial charge in [-0.1, -0.05) is 23.7 Å². The molecule has 0 spiro atoms. The first kappa shape index (κ1) is 18.6. The Morgan fingerprint density at radius 2 is 2.11 bits per heavy atom. The van der Waals surface area contributed by atoms with E-state index in [-0.39, 0.29) is 16.0 Å². The molecule has 1 aromatic carbocycles. The number of hydrogen-bond acceptors (Lipinski definition) is 6. The summed E-state index contributed by atoms with van der Waals surface area (Å²) in [6.45, 7) is 2.02. The molecule has 27 heavy (non-hydrogen) atoms. The van der Waals surface area contributed by atoms with Gasteiger partial charge in [0, 0.05) is 38.7 Å². The van der Waals surface area contributed by atoms with Crippen LogP contribution in [0, 0.1) is 0 Å². The summed E-state index contributed by atoms with van der Waals surface area (Å²) in [4.78, 5) is 9.55. The Bertz CT molecular complexity index is 949. The van der Waals surface area contributed by atoms with Gasteiger partial charge in [-0.2, -0.15) is 4.31 Å². The van der Waals surface area contributed by atoms with Crippen LogP contribution < -0.4 is 10.6 Å². The maximum atomic E-state index is 13.2. The molecule has 1 atom stereocenters. The van der Waals surface area contributed by atoms with E-state index in [0.717, 1.165) is 43.0 Å². The second-order valence-electron chi connectivity index (χ2n) is 6.74. The first-order valence-corrected chi connectivity index (χ1v) is 10.9. The smallest absolute Gasteiger partial charge is 0.245 e. The highest BCUT2D eigenvalue weighted by Crippen LogP contribution is 2.37. The SMILES string of the molecule is CNc1nc([C@H]2CCCN2S(=O)(=O)c2ccccc2Cl)nc2c1CNCC2. The Balaban J connectivity index is 1.75. The lowest BCUT2D eigenvalue weighted by molar-refractivity contribution is 0.382. The molecule has 1 aromatic heterocycles. The fraction of sp³-hybridized carbons (Fsp3) is 0.444. The molecule has 0 unspecified atom stereocenters. The van der Waals surface area contributed by atoms with E-state index in [4.69, 9.17) is 16.6 Å². The number of benzene rings is 1. The Kier molecular flexibility index (Phi) is 5.07. The van der Waals surface area contributed by atoms with Crippen LogP contribution in [0.4, 0.5) is 5.82 Å². The number of nitrogens with zero attached hydrogens (tertiary/aromatic N) is 3. The average molecular weight is 408 g/mol. The Morgan fingerprint density at radius 3 is 2.89 bits per heavy atom. The largest absolute Gasteiger partial charge is 0.373 e. The minimum Gasteiger partial charge on any atom is -0.373 e. The van der Waals surface area contributed by atoms with Crippen molar-refractivity contribution in [1.82, 2.24) is 19.6 Å². The third-order valence-electron chi connectivity index (χ3n) is 5.11. The number of sulfonamides is 1. The van der Waals surface area contributed by atoms with Gasteiger partial charge in [0.25, 0.3) is 0 Å². The third kappa shape index (κ3) is 3.31. The highest BCUT2D eigenvalue weighted by molar-refractivity contribution is 7.89. The highest BCUT2D eigenvalue weighted by Gasteiger charge is 2.39. The van der Waals surface area contributed by atoms with E-state index >= 15 is 0 Å². The molecule has 0 saturated carbocycles. The number of hydrogen-bond donors (Lipinski definition) is 2. The predicted molar refractivity (Wildman–Crippen MR) is 104 cm³/mol. The van der Waals surface area contributed by atoms with E-state index < -0.39 is 10.0 Å². The van der Waals surface area contributed by atoms with Crippen molar-refractivity contribution in [2.45, 2.75) is 36.7 Å². The van der Waals surface area contributed by atoms with Crippen molar-refractivity contribution in [3.8, 4) is 0 Å². The fourth-order valence-electron chi connectivity index (χ4n) is 3.78. The van der Waals surface area contributed by atoms with Crippen LogP contribution in [-0.4, -0.2) is 42.8 Å². The van der Waals surface area contributed by atoms with Crippen molar-refractivity contribution in [2.75, 3.05) is 25.5 Å². The molecule has 3 heterocycles. The van der Waals surface area contributed by atoms with Crippen molar-refractivity contribution >= 4 is 27.4 Å². The summed E-state index contributed by atoms with van der Waals surface area (Å²) < 4.78 is 28.0. The number of fused-ring (bicyclic) bond motifs is 1. The van der Waals surface area contributed by atoms with Crippen LogP contribution in [0.1, 0.15) is 36.0 Å². The number of rotatable bonds is 4. The summed E-state index contributed by atoms with van der Waals surface area (Å²) in [5.41, 5.74) is 2.05. The molecule has 2 aromatic rings. The van der Waals surface area contributed by atoms with Crippen molar-refractivity contribution in [3.05, 3.63) is 46.4 Å². The van der Waals surface area contributed by atoms with Gasteiger partial charge < -0.3 is 10.6 Å². The molecule has 4 rings (SSSR count). The standard InChI is InChI=1S/C18H22ClN5O2S/c1-20-17-12-11-21-9-8-14(12)22-18(23-17)15-6-4-10-24(15)27(25,26)16-7-3-2-5-13(16)19/h2-3,5,7,15,21H,4,6,8-11H2,1H3,(H,20,22,23)/t15-/m1/s1. The molecule has 0 radical (unpaired) electrons. The van der Waals surface area contributed by atoms with E-state index in [2.05, 4.69) is 15.6 Å². The Morgan fingerprint density at radius 1 is 1.30 bits per heavy atom. The van der Waals surface area contributed by atoms with E-state index in [1.165, 1.54) is 4.31 Å². The minimum absolute atomic E-state index is 0.134. The van der Waals surface area contributed by atoms with E-state index in [1.807, 2.05) is 7.05 Å². The summed E-state index contributed by atoms with van der Waals surface area (Å²) in [5, 5.41) is 6.69. The number of halogens is 1.